The van der Waals surface area contributed by atoms with Gasteiger partial charge >= 0.3 is 12.0 Å². The van der Waals surface area contributed by atoms with Crippen molar-refractivity contribution in [1.29, 1.82) is 0 Å². The molecule has 0 aromatic carbocycles. The first kappa shape index (κ1) is 14.6. The second kappa shape index (κ2) is 5.83. The third-order valence-electron chi connectivity index (χ3n) is 5.47. The summed E-state index contributed by atoms with van der Waals surface area (Å²) in [6, 6.07) is -0.285. The second-order valence-corrected chi connectivity index (χ2v) is 6.73. The van der Waals surface area contributed by atoms with Gasteiger partial charge in [-0.2, -0.15) is 0 Å². The number of nitrogens with one attached hydrogen (secondary N) is 1. The fourth-order valence-corrected chi connectivity index (χ4v) is 4.48. The van der Waals surface area contributed by atoms with Crippen LogP contribution >= 0.6 is 0 Å². The van der Waals surface area contributed by atoms with Crippen molar-refractivity contribution in [3.05, 3.63) is 0 Å². The van der Waals surface area contributed by atoms with Crippen LogP contribution in [0.2, 0.25) is 0 Å². The minimum Gasteiger partial charge on any atom is -0.481 e. The van der Waals surface area contributed by atoms with Gasteiger partial charge in [0, 0.05) is 32.2 Å². The molecule has 1 aliphatic heterocycles. The maximum Gasteiger partial charge on any atom is 0.317 e. The van der Waals surface area contributed by atoms with Crippen molar-refractivity contribution in [3.63, 3.8) is 0 Å². The predicted octanol–water partition coefficient (Wildman–Crippen LogP) is 1.16. The molecule has 5 unspecified atom stereocenters. The summed E-state index contributed by atoms with van der Waals surface area (Å²) >= 11 is 0. The average molecular weight is 296 g/mol. The van der Waals surface area contributed by atoms with Crippen LogP contribution in [0.4, 0.5) is 4.79 Å². The van der Waals surface area contributed by atoms with Crippen molar-refractivity contribution < 1.29 is 19.4 Å². The number of hydrogen-bond acceptors (Lipinski definition) is 3. The maximum absolute atomic E-state index is 12.4. The number of carboxylic acids is 1. The number of carbonyl (C=O) groups is 2. The SMILES string of the molecule is COCC1CCN(C(=O)NC2C3CCC(C3)C2C(=O)O)C1. The number of urea groups is 1. The third kappa shape index (κ3) is 2.73. The van der Waals surface area contributed by atoms with Crippen LogP contribution in [0.25, 0.3) is 0 Å². The lowest BCUT2D eigenvalue weighted by Gasteiger charge is -2.30. The molecular formula is C15H24N2O4. The molecule has 1 heterocycles. The topological polar surface area (TPSA) is 78.9 Å². The number of fused-ring (bicyclic) bond motifs is 2. The summed E-state index contributed by atoms with van der Waals surface area (Å²) in [4.78, 5) is 25.6. The van der Waals surface area contributed by atoms with Crippen LogP contribution in [0.3, 0.4) is 0 Å². The number of methoxy groups -OCH3 is 1. The van der Waals surface area contributed by atoms with Crippen LogP contribution in [0.15, 0.2) is 0 Å². The summed E-state index contributed by atoms with van der Waals surface area (Å²) in [5.74, 6) is -0.164. The summed E-state index contributed by atoms with van der Waals surface area (Å²) in [6.45, 7) is 2.12. The number of aliphatic carboxylic acids is 1. The number of carbonyl (C=O) groups excluding carboxylic acids is 1. The van der Waals surface area contributed by atoms with Gasteiger partial charge in [0.05, 0.1) is 12.5 Å². The zero-order chi connectivity index (χ0) is 15.0. The normalized spacial score (nSPS) is 38.0. The van der Waals surface area contributed by atoms with Gasteiger partial charge < -0.3 is 20.1 Å². The molecule has 0 aromatic rings. The standard InChI is InChI=1S/C15H24N2O4/c1-21-8-9-4-5-17(7-9)15(20)16-13-11-3-2-10(6-11)12(13)14(18)19/h9-13H,2-8H2,1H3,(H,16,20)(H,18,19). The highest BCUT2D eigenvalue weighted by molar-refractivity contribution is 5.78. The molecule has 2 amide bonds. The Labute approximate surface area is 124 Å². The van der Waals surface area contributed by atoms with Crippen molar-refractivity contribution in [2.24, 2.45) is 23.7 Å². The summed E-state index contributed by atoms with van der Waals surface area (Å²) in [7, 11) is 1.68. The zero-order valence-electron chi connectivity index (χ0n) is 12.5. The molecule has 3 fully saturated rings. The summed E-state index contributed by atoms with van der Waals surface area (Å²) < 4.78 is 5.14. The number of hydrogen-bond donors (Lipinski definition) is 2. The lowest BCUT2D eigenvalue weighted by atomic mass is 9.84. The van der Waals surface area contributed by atoms with Gasteiger partial charge in [-0.3, -0.25) is 4.79 Å². The van der Waals surface area contributed by atoms with Crippen molar-refractivity contribution >= 4 is 12.0 Å². The van der Waals surface area contributed by atoms with E-state index in [4.69, 9.17) is 4.74 Å². The molecule has 2 N–H and O–H groups in total. The molecule has 0 aromatic heterocycles. The Kier molecular flexibility index (Phi) is 4.06. The first-order valence-electron chi connectivity index (χ1n) is 7.87. The first-order chi connectivity index (χ1) is 10.1. The average Bonchev–Trinajstić information content (AvgIpc) is 3.13. The molecule has 21 heavy (non-hydrogen) atoms. The Morgan fingerprint density at radius 3 is 2.76 bits per heavy atom. The quantitative estimate of drug-likeness (QED) is 0.816. The second-order valence-electron chi connectivity index (χ2n) is 6.73. The van der Waals surface area contributed by atoms with Crippen LogP contribution < -0.4 is 5.32 Å². The number of ether oxygens (including phenoxy) is 1. The van der Waals surface area contributed by atoms with Crippen molar-refractivity contribution in [2.45, 2.75) is 31.7 Å². The van der Waals surface area contributed by atoms with Gasteiger partial charge in [-0.05, 0) is 37.5 Å². The molecule has 0 radical (unpaired) electrons. The van der Waals surface area contributed by atoms with Crippen molar-refractivity contribution in [2.75, 3.05) is 26.8 Å². The molecule has 2 saturated carbocycles. The highest BCUT2D eigenvalue weighted by Crippen LogP contribution is 2.48. The molecule has 3 rings (SSSR count). The molecule has 2 bridgehead atoms. The zero-order valence-corrected chi connectivity index (χ0v) is 12.5. The minimum atomic E-state index is -0.758. The van der Waals surface area contributed by atoms with Crippen LogP contribution in [0.1, 0.15) is 25.7 Å². The van der Waals surface area contributed by atoms with E-state index in [0.717, 1.165) is 32.2 Å². The van der Waals surface area contributed by atoms with Crippen LogP contribution in [-0.2, 0) is 9.53 Å². The summed E-state index contributed by atoms with van der Waals surface area (Å²) in [5, 5.41) is 12.4. The van der Waals surface area contributed by atoms with E-state index in [1.807, 2.05) is 0 Å². The monoisotopic (exact) mass is 296 g/mol. The summed E-state index contributed by atoms with van der Waals surface area (Å²) in [5.41, 5.74) is 0. The van der Waals surface area contributed by atoms with Gasteiger partial charge in [-0.1, -0.05) is 0 Å². The van der Waals surface area contributed by atoms with E-state index >= 15 is 0 Å². The fourth-order valence-electron chi connectivity index (χ4n) is 4.48. The number of amides is 2. The first-order valence-corrected chi connectivity index (χ1v) is 7.87. The van der Waals surface area contributed by atoms with Gasteiger partial charge in [0.25, 0.3) is 0 Å². The van der Waals surface area contributed by atoms with E-state index < -0.39 is 11.9 Å². The number of likely N-dealkylation sites (tertiary alicyclic amines) is 1. The van der Waals surface area contributed by atoms with Gasteiger partial charge in [-0.25, -0.2) is 4.79 Å². The Balaban J connectivity index is 1.58. The highest BCUT2D eigenvalue weighted by atomic mass is 16.5. The minimum absolute atomic E-state index is 0.0996. The Bertz CT molecular complexity index is 428. The van der Waals surface area contributed by atoms with E-state index in [0.29, 0.717) is 25.0 Å². The summed E-state index contributed by atoms with van der Waals surface area (Å²) in [6.07, 6.45) is 3.95. The van der Waals surface area contributed by atoms with Crippen molar-refractivity contribution in [3.8, 4) is 0 Å². The van der Waals surface area contributed by atoms with Gasteiger partial charge in [0.1, 0.15) is 0 Å². The lowest BCUT2D eigenvalue weighted by Crippen LogP contribution is -2.51. The molecule has 1 saturated heterocycles. The largest absolute Gasteiger partial charge is 0.481 e. The maximum atomic E-state index is 12.4. The molecule has 118 valence electrons. The van der Waals surface area contributed by atoms with Crippen molar-refractivity contribution in [1.82, 2.24) is 10.2 Å². The van der Waals surface area contributed by atoms with Gasteiger partial charge in [0.2, 0.25) is 0 Å². The fraction of sp³-hybridized carbons (Fsp3) is 0.867. The van der Waals surface area contributed by atoms with E-state index in [-0.39, 0.29) is 18.0 Å². The van der Waals surface area contributed by atoms with E-state index in [1.165, 1.54) is 0 Å². The van der Waals surface area contributed by atoms with Crippen LogP contribution in [-0.4, -0.2) is 54.9 Å². The van der Waals surface area contributed by atoms with Crippen LogP contribution in [0, 0.1) is 23.7 Å². The highest BCUT2D eigenvalue weighted by Gasteiger charge is 2.51. The lowest BCUT2D eigenvalue weighted by molar-refractivity contribution is -0.144. The Hall–Kier alpha value is -1.30. The molecule has 3 aliphatic rings. The molecule has 0 spiro atoms. The van der Waals surface area contributed by atoms with Gasteiger partial charge in [-0.15, -0.1) is 0 Å². The van der Waals surface area contributed by atoms with E-state index in [2.05, 4.69) is 5.32 Å². The number of carboxylic acid groups (broad SMARTS) is 1. The number of nitrogens with zero attached hydrogens (tertiary/aromatic N) is 1. The molecule has 6 heteroatoms. The molecular weight excluding hydrogens is 272 g/mol. The van der Waals surface area contributed by atoms with E-state index in [1.54, 1.807) is 12.0 Å². The predicted molar refractivity (Wildman–Crippen MR) is 75.8 cm³/mol. The van der Waals surface area contributed by atoms with Crippen LogP contribution in [0.5, 0.6) is 0 Å². The third-order valence-corrected chi connectivity index (χ3v) is 5.47. The Morgan fingerprint density at radius 2 is 2.05 bits per heavy atom. The van der Waals surface area contributed by atoms with E-state index in [9.17, 15) is 14.7 Å². The smallest absolute Gasteiger partial charge is 0.317 e. The Morgan fingerprint density at radius 1 is 1.29 bits per heavy atom. The molecule has 2 aliphatic carbocycles. The molecule has 6 nitrogen and oxygen atoms in total. The number of rotatable bonds is 4. The van der Waals surface area contributed by atoms with Gasteiger partial charge in [0.15, 0.2) is 0 Å². The molecule has 5 atom stereocenters.